The van der Waals surface area contributed by atoms with Gasteiger partial charge in [0.25, 0.3) is 0 Å². The summed E-state index contributed by atoms with van der Waals surface area (Å²) in [5, 5.41) is 13.9. The van der Waals surface area contributed by atoms with Crippen molar-refractivity contribution in [3.8, 4) is 6.07 Å². The monoisotopic (exact) mass is 413 g/mol. The lowest BCUT2D eigenvalue weighted by molar-refractivity contribution is -0.117. The fraction of sp³-hybridized carbons (Fsp3) is 0.167. The minimum absolute atomic E-state index is 0.0899. The normalized spacial score (nSPS) is 14.8. The minimum Gasteiger partial charge on any atom is -0.388 e. The highest BCUT2D eigenvalue weighted by Gasteiger charge is 2.31. The van der Waals surface area contributed by atoms with E-state index in [4.69, 9.17) is 5.26 Å². The van der Waals surface area contributed by atoms with Gasteiger partial charge in [-0.3, -0.25) is 9.59 Å². The van der Waals surface area contributed by atoms with Gasteiger partial charge in [0.2, 0.25) is 12.3 Å². The van der Waals surface area contributed by atoms with Gasteiger partial charge in [0, 0.05) is 49.6 Å². The van der Waals surface area contributed by atoms with E-state index in [0.29, 0.717) is 30.8 Å². The molecule has 1 aliphatic heterocycles. The third-order valence-corrected chi connectivity index (χ3v) is 4.96. The Labute approximate surface area is 181 Å². The highest BCUT2D eigenvalue weighted by Crippen LogP contribution is 2.32. The third kappa shape index (κ3) is 5.67. The largest absolute Gasteiger partial charge is 0.388 e. The average molecular weight is 413 g/mol. The van der Waals surface area contributed by atoms with Crippen LogP contribution in [0.25, 0.3) is 0 Å². The quantitative estimate of drug-likeness (QED) is 0.621. The first-order valence-electron chi connectivity index (χ1n) is 9.84. The van der Waals surface area contributed by atoms with Gasteiger partial charge < -0.3 is 15.5 Å². The van der Waals surface area contributed by atoms with E-state index in [9.17, 15) is 9.59 Å². The zero-order valence-electron chi connectivity index (χ0n) is 17.2. The van der Waals surface area contributed by atoms with E-state index >= 15 is 0 Å². The molecule has 2 N–H and O–H groups in total. The van der Waals surface area contributed by atoms with Gasteiger partial charge >= 0.3 is 0 Å². The molecule has 0 saturated carbocycles. The summed E-state index contributed by atoms with van der Waals surface area (Å²) >= 11 is 0. The van der Waals surface area contributed by atoms with Crippen molar-refractivity contribution in [3.05, 3.63) is 84.1 Å². The second-order valence-corrected chi connectivity index (χ2v) is 6.92. The molecule has 31 heavy (non-hydrogen) atoms. The Hall–Kier alpha value is -4.18. The summed E-state index contributed by atoms with van der Waals surface area (Å²) in [5.74, 6) is 0.736. The number of hydrogen-bond acceptors (Lipinski definition) is 5. The fourth-order valence-electron chi connectivity index (χ4n) is 3.34. The van der Waals surface area contributed by atoms with Crippen LogP contribution in [0, 0.1) is 11.3 Å². The van der Waals surface area contributed by atoms with Gasteiger partial charge in [-0.05, 0) is 35.9 Å². The van der Waals surface area contributed by atoms with Gasteiger partial charge in [0.05, 0.1) is 11.6 Å². The highest BCUT2D eigenvalue weighted by atomic mass is 16.2. The molecule has 0 aliphatic carbocycles. The predicted octanol–water partition coefficient (Wildman–Crippen LogP) is 3.77. The first kappa shape index (κ1) is 21.5. The average Bonchev–Trinajstić information content (AvgIpc) is 3.22. The second kappa shape index (κ2) is 10.6. The van der Waals surface area contributed by atoms with Crippen molar-refractivity contribution in [1.29, 1.82) is 5.26 Å². The molecule has 0 bridgehead atoms. The summed E-state index contributed by atoms with van der Waals surface area (Å²) in [5.41, 5.74) is 3.66. The van der Waals surface area contributed by atoms with Crippen molar-refractivity contribution >= 4 is 29.5 Å². The van der Waals surface area contributed by atoms with Gasteiger partial charge in [-0.2, -0.15) is 5.26 Å². The molecule has 156 valence electrons. The molecule has 1 atom stereocenters. The molecule has 2 amide bonds. The zero-order valence-corrected chi connectivity index (χ0v) is 17.2. The molecule has 0 radical (unpaired) electrons. The van der Waals surface area contributed by atoms with Gasteiger partial charge in [-0.15, -0.1) is 0 Å². The third-order valence-electron chi connectivity index (χ3n) is 4.96. The lowest BCUT2D eigenvalue weighted by Crippen LogP contribution is -2.24. The molecule has 1 aliphatic rings. The molecule has 3 aromatic rings. The Morgan fingerprint density at radius 3 is 2.52 bits per heavy atom. The van der Waals surface area contributed by atoms with Crippen molar-refractivity contribution < 1.29 is 9.59 Å². The van der Waals surface area contributed by atoms with Gasteiger partial charge in [-0.25, -0.2) is 4.98 Å². The van der Waals surface area contributed by atoms with E-state index in [2.05, 4.69) is 21.7 Å². The molecule has 1 fully saturated rings. The number of carbonyl (C=O) groups is 2. The number of aromatic nitrogens is 1. The van der Waals surface area contributed by atoms with Crippen LogP contribution in [0.2, 0.25) is 0 Å². The molecule has 1 unspecified atom stereocenters. The van der Waals surface area contributed by atoms with E-state index in [1.54, 1.807) is 35.4 Å². The number of rotatable bonds is 5. The smallest absolute Gasteiger partial charge is 0.227 e. The highest BCUT2D eigenvalue weighted by molar-refractivity contribution is 5.97. The van der Waals surface area contributed by atoms with Crippen LogP contribution in [-0.2, 0) is 9.59 Å². The van der Waals surface area contributed by atoms with Crippen LogP contribution < -0.4 is 15.5 Å². The van der Waals surface area contributed by atoms with Crippen molar-refractivity contribution in [2.24, 2.45) is 0 Å². The molecular formula is C24H23N5O2. The Morgan fingerprint density at radius 2 is 1.87 bits per heavy atom. The number of amides is 2. The van der Waals surface area contributed by atoms with Crippen LogP contribution in [0.5, 0.6) is 0 Å². The molecule has 1 saturated heterocycles. The molecule has 0 spiro atoms. The van der Waals surface area contributed by atoms with Crippen LogP contribution >= 0.6 is 0 Å². The maximum absolute atomic E-state index is 12.2. The zero-order chi connectivity index (χ0) is 22.1. The minimum atomic E-state index is 0.0899. The van der Waals surface area contributed by atoms with Crippen molar-refractivity contribution in [1.82, 2.24) is 4.98 Å². The standard InChI is InChI=1S/C16H15N3O2.C8H8N2/c20-11-18-15-9-14(6-7-17-15)19-10-13(8-16(19)21)12-4-2-1-3-5-12;1-10-8-4-2-7(6-9)3-5-8/h1-7,9,11,13H,8,10H2,(H,17,18,20);2-5,10H,1H3. The molecule has 1 aromatic heterocycles. The van der Waals surface area contributed by atoms with E-state index < -0.39 is 0 Å². The summed E-state index contributed by atoms with van der Waals surface area (Å²) < 4.78 is 0. The number of carbonyl (C=O) groups excluding carboxylic acids is 2. The van der Waals surface area contributed by atoms with Crippen LogP contribution in [0.15, 0.2) is 72.9 Å². The Kier molecular flexibility index (Phi) is 7.33. The lowest BCUT2D eigenvalue weighted by Gasteiger charge is -2.17. The van der Waals surface area contributed by atoms with Crippen LogP contribution in [0.1, 0.15) is 23.5 Å². The van der Waals surface area contributed by atoms with Gasteiger partial charge in [-0.1, -0.05) is 30.3 Å². The maximum Gasteiger partial charge on any atom is 0.227 e. The molecular weight excluding hydrogens is 390 g/mol. The van der Waals surface area contributed by atoms with Crippen molar-refractivity contribution in [2.75, 3.05) is 29.1 Å². The predicted molar refractivity (Wildman–Crippen MR) is 121 cm³/mol. The second-order valence-electron chi connectivity index (χ2n) is 6.92. The first-order valence-corrected chi connectivity index (χ1v) is 9.84. The molecule has 4 rings (SSSR count). The number of nitrogens with one attached hydrogen (secondary N) is 2. The Balaban J connectivity index is 0.000000229. The van der Waals surface area contributed by atoms with Crippen molar-refractivity contribution in [3.63, 3.8) is 0 Å². The van der Waals surface area contributed by atoms with E-state index in [1.165, 1.54) is 5.56 Å². The number of nitrogens with zero attached hydrogens (tertiary/aromatic N) is 3. The summed E-state index contributed by atoms with van der Waals surface area (Å²) in [6.07, 6.45) is 2.66. The number of anilines is 3. The van der Waals surface area contributed by atoms with Gasteiger partial charge in [0.15, 0.2) is 0 Å². The van der Waals surface area contributed by atoms with Crippen LogP contribution in [0.4, 0.5) is 17.2 Å². The summed E-state index contributed by atoms with van der Waals surface area (Å²) in [6, 6.07) is 22.9. The summed E-state index contributed by atoms with van der Waals surface area (Å²) in [7, 11) is 1.85. The van der Waals surface area contributed by atoms with Gasteiger partial charge in [0.1, 0.15) is 5.82 Å². The fourth-order valence-corrected chi connectivity index (χ4v) is 3.34. The molecule has 7 heteroatoms. The molecule has 7 nitrogen and oxygen atoms in total. The summed E-state index contributed by atoms with van der Waals surface area (Å²) in [4.78, 5) is 28.5. The molecule has 2 aromatic carbocycles. The number of nitriles is 1. The summed E-state index contributed by atoms with van der Waals surface area (Å²) in [6.45, 7) is 0.646. The van der Waals surface area contributed by atoms with E-state index in [-0.39, 0.29) is 11.8 Å². The SMILES string of the molecule is CNc1ccc(C#N)cc1.O=CNc1cc(N2CC(c3ccccc3)CC2=O)ccn1. The maximum atomic E-state index is 12.2. The number of pyridine rings is 1. The van der Waals surface area contributed by atoms with E-state index in [0.717, 1.165) is 11.4 Å². The van der Waals surface area contributed by atoms with Crippen LogP contribution in [-0.4, -0.2) is 30.9 Å². The number of hydrogen-bond donors (Lipinski definition) is 2. The van der Waals surface area contributed by atoms with Crippen LogP contribution in [0.3, 0.4) is 0 Å². The number of benzene rings is 2. The topological polar surface area (TPSA) is 98.1 Å². The first-order chi connectivity index (χ1) is 15.1. The lowest BCUT2D eigenvalue weighted by atomic mass is 9.99. The Bertz CT molecular complexity index is 1060. The van der Waals surface area contributed by atoms with E-state index in [1.807, 2.05) is 49.5 Å². The molecule has 2 heterocycles. The Morgan fingerprint density at radius 1 is 1.13 bits per heavy atom. The van der Waals surface area contributed by atoms with Crippen molar-refractivity contribution in [2.45, 2.75) is 12.3 Å².